The van der Waals surface area contributed by atoms with Gasteiger partial charge in [-0.3, -0.25) is 4.79 Å². The Morgan fingerprint density at radius 1 is 1.03 bits per heavy atom. The van der Waals surface area contributed by atoms with Crippen LogP contribution in [0, 0.1) is 5.92 Å². The number of carbonyl (C=O) groups excluding carboxylic acids is 2. The van der Waals surface area contributed by atoms with Gasteiger partial charge in [0.15, 0.2) is 0 Å². The molecule has 1 atom stereocenters. The predicted octanol–water partition coefficient (Wildman–Crippen LogP) is 3.77. The van der Waals surface area contributed by atoms with E-state index in [1.807, 2.05) is 32.9 Å². The standard InChI is InChI=1S/C27H36N4O5/c1-27(2,3)36-26(34)30-13-10-19(11-14-30)18-35-24-16-28-23(15-29-24)20-6-8-21(9-7-20)25(33)31-12-4-5-22(31)17-32/h6-9,15-16,19,22,32H,4-5,10-14,17-18H2,1-3H3/t22-/m0/s1. The van der Waals surface area contributed by atoms with E-state index in [9.17, 15) is 14.7 Å². The van der Waals surface area contributed by atoms with Crippen molar-refractivity contribution in [2.45, 2.75) is 58.1 Å². The smallest absolute Gasteiger partial charge is 0.410 e. The summed E-state index contributed by atoms with van der Waals surface area (Å²) in [6.45, 7) is 8.14. The molecule has 2 fully saturated rings. The monoisotopic (exact) mass is 496 g/mol. The number of aliphatic hydroxyl groups excluding tert-OH is 1. The van der Waals surface area contributed by atoms with Gasteiger partial charge in [0.05, 0.1) is 37.3 Å². The fourth-order valence-electron chi connectivity index (χ4n) is 4.59. The van der Waals surface area contributed by atoms with Crippen LogP contribution in [-0.4, -0.2) is 81.4 Å². The molecule has 2 aliphatic rings. The Labute approximate surface area is 212 Å². The Kier molecular flexibility index (Phi) is 8.08. The number of aliphatic hydroxyl groups is 1. The summed E-state index contributed by atoms with van der Waals surface area (Å²) >= 11 is 0. The van der Waals surface area contributed by atoms with Crippen molar-refractivity contribution in [1.29, 1.82) is 0 Å². The van der Waals surface area contributed by atoms with E-state index in [-0.39, 0.29) is 24.6 Å². The fourth-order valence-corrected chi connectivity index (χ4v) is 4.59. The van der Waals surface area contributed by atoms with Gasteiger partial charge in [-0.25, -0.2) is 14.8 Å². The zero-order valence-electron chi connectivity index (χ0n) is 21.4. The second-order valence-corrected chi connectivity index (χ2v) is 10.5. The van der Waals surface area contributed by atoms with Crippen molar-refractivity contribution in [2.24, 2.45) is 5.92 Å². The number of carbonyl (C=O) groups is 2. The lowest BCUT2D eigenvalue weighted by molar-refractivity contribution is 0.0164. The van der Waals surface area contributed by atoms with Gasteiger partial charge in [0.2, 0.25) is 5.88 Å². The number of hydrogen-bond donors (Lipinski definition) is 1. The van der Waals surface area contributed by atoms with Crippen molar-refractivity contribution in [1.82, 2.24) is 19.8 Å². The molecule has 0 unspecified atom stereocenters. The molecule has 0 radical (unpaired) electrons. The summed E-state index contributed by atoms with van der Waals surface area (Å²) in [6, 6.07) is 7.22. The lowest BCUT2D eigenvalue weighted by Crippen LogP contribution is -2.42. The second kappa shape index (κ2) is 11.2. The van der Waals surface area contributed by atoms with Crippen LogP contribution in [0.5, 0.6) is 5.88 Å². The average Bonchev–Trinajstić information content (AvgIpc) is 3.36. The molecule has 0 bridgehead atoms. The van der Waals surface area contributed by atoms with Crippen molar-refractivity contribution >= 4 is 12.0 Å². The van der Waals surface area contributed by atoms with E-state index >= 15 is 0 Å². The SMILES string of the molecule is CC(C)(C)OC(=O)N1CCC(COc2cnc(-c3ccc(C(=O)N4CCC[C@H]4CO)cc3)cn2)CC1. The molecule has 2 aromatic rings. The minimum atomic E-state index is -0.487. The van der Waals surface area contributed by atoms with Crippen molar-refractivity contribution < 1.29 is 24.2 Å². The summed E-state index contributed by atoms with van der Waals surface area (Å²) in [4.78, 5) is 37.3. The first kappa shape index (κ1) is 25.9. The number of likely N-dealkylation sites (tertiary alicyclic amines) is 2. The van der Waals surface area contributed by atoms with Crippen molar-refractivity contribution in [3.8, 4) is 17.1 Å². The third kappa shape index (κ3) is 6.51. The van der Waals surface area contributed by atoms with Crippen LogP contribution in [0.2, 0.25) is 0 Å². The molecular formula is C27H36N4O5. The van der Waals surface area contributed by atoms with Crippen LogP contribution in [0.3, 0.4) is 0 Å². The first-order valence-corrected chi connectivity index (χ1v) is 12.7. The van der Waals surface area contributed by atoms with Gasteiger partial charge in [-0.15, -0.1) is 0 Å². The molecule has 3 heterocycles. The third-order valence-electron chi connectivity index (χ3n) is 6.64. The molecule has 9 nitrogen and oxygen atoms in total. The summed E-state index contributed by atoms with van der Waals surface area (Å²) in [5.74, 6) is 0.755. The van der Waals surface area contributed by atoms with Crippen LogP contribution in [0.1, 0.15) is 56.8 Å². The normalized spacial score (nSPS) is 18.8. The molecule has 1 aromatic heterocycles. The van der Waals surface area contributed by atoms with E-state index in [1.165, 1.54) is 0 Å². The number of ether oxygens (including phenoxy) is 2. The van der Waals surface area contributed by atoms with Crippen molar-refractivity contribution in [3.63, 3.8) is 0 Å². The molecule has 1 N–H and O–H groups in total. The molecule has 194 valence electrons. The van der Waals surface area contributed by atoms with Crippen molar-refractivity contribution in [3.05, 3.63) is 42.2 Å². The van der Waals surface area contributed by atoms with Gasteiger partial charge in [0.1, 0.15) is 5.60 Å². The molecule has 0 spiro atoms. The number of hydrogen-bond acceptors (Lipinski definition) is 7. The summed E-state index contributed by atoms with van der Waals surface area (Å²) < 4.78 is 11.3. The van der Waals surface area contributed by atoms with Gasteiger partial charge < -0.3 is 24.4 Å². The summed E-state index contributed by atoms with van der Waals surface area (Å²) in [5.41, 5.74) is 1.67. The highest BCUT2D eigenvalue weighted by Gasteiger charge is 2.29. The number of amides is 2. The van der Waals surface area contributed by atoms with Gasteiger partial charge in [0.25, 0.3) is 5.91 Å². The van der Waals surface area contributed by atoms with E-state index in [2.05, 4.69) is 9.97 Å². The molecular weight excluding hydrogens is 460 g/mol. The Morgan fingerprint density at radius 3 is 2.36 bits per heavy atom. The molecule has 2 saturated heterocycles. The van der Waals surface area contributed by atoms with Gasteiger partial charge >= 0.3 is 6.09 Å². The Morgan fingerprint density at radius 2 is 1.75 bits per heavy atom. The highest BCUT2D eigenvalue weighted by atomic mass is 16.6. The highest BCUT2D eigenvalue weighted by Crippen LogP contribution is 2.24. The molecule has 2 aliphatic heterocycles. The second-order valence-electron chi connectivity index (χ2n) is 10.5. The maximum absolute atomic E-state index is 12.8. The molecule has 4 rings (SSSR count). The van der Waals surface area contributed by atoms with Gasteiger partial charge in [-0.1, -0.05) is 12.1 Å². The molecule has 0 saturated carbocycles. The molecule has 0 aliphatic carbocycles. The maximum Gasteiger partial charge on any atom is 0.410 e. The van der Waals surface area contributed by atoms with E-state index < -0.39 is 5.60 Å². The molecule has 9 heteroatoms. The number of rotatable bonds is 6. The molecule has 2 amide bonds. The summed E-state index contributed by atoms with van der Waals surface area (Å²) in [6.07, 6.45) is 6.49. The van der Waals surface area contributed by atoms with Crippen LogP contribution in [0.4, 0.5) is 4.79 Å². The number of piperidine rings is 1. The Balaban J connectivity index is 1.25. The lowest BCUT2D eigenvalue weighted by atomic mass is 9.98. The molecule has 1 aromatic carbocycles. The zero-order chi connectivity index (χ0) is 25.7. The average molecular weight is 497 g/mol. The largest absolute Gasteiger partial charge is 0.476 e. The van der Waals surface area contributed by atoms with Gasteiger partial charge in [-0.05, 0) is 64.5 Å². The van der Waals surface area contributed by atoms with Crippen LogP contribution < -0.4 is 4.74 Å². The summed E-state index contributed by atoms with van der Waals surface area (Å²) in [7, 11) is 0. The van der Waals surface area contributed by atoms with Crippen LogP contribution in [-0.2, 0) is 4.74 Å². The molecule has 36 heavy (non-hydrogen) atoms. The fraction of sp³-hybridized carbons (Fsp3) is 0.556. The van der Waals surface area contributed by atoms with E-state index in [1.54, 1.807) is 34.3 Å². The van der Waals surface area contributed by atoms with Crippen LogP contribution >= 0.6 is 0 Å². The Hall–Kier alpha value is -3.20. The van der Waals surface area contributed by atoms with Gasteiger partial charge in [0, 0.05) is 30.8 Å². The lowest BCUT2D eigenvalue weighted by Gasteiger charge is -2.33. The highest BCUT2D eigenvalue weighted by molar-refractivity contribution is 5.95. The van der Waals surface area contributed by atoms with E-state index in [4.69, 9.17) is 9.47 Å². The van der Waals surface area contributed by atoms with Crippen molar-refractivity contribution in [2.75, 3.05) is 32.8 Å². The van der Waals surface area contributed by atoms with E-state index in [0.29, 0.717) is 49.3 Å². The topological polar surface area (TPSA) is 105 Å². The number of aromatic nitrogens is 2. The predicted molar refractivity (Wildman–Crippen MR) is 135 cm³/mol. The first-order valence-electron chi connectivity index (χ1n) is 12.7. The van der Waals surface area contributed by atoms with E-state index in [0.717, 1.165) is 31.2 Å². The minimum absolute atomic E-state index is 0.000887. The quantitative estimate of drug-likeness (QED) is 0.649. The van der Waals surface area contributed by atoms with Gasteiger partial charge in [-0.2, -0.15) is 0 Å². The minimum Gasteiger partial charge on any atom is -0.476 e. The Bertz CT molecular complexity index is 1030. The zero-order valence-corrected chi connectivity index (χ0v) is 21.4. The number of benzene rings is 1. The maximum atomic E-state index is 12.8. The summed E-state index contributed by atoms with van der Waals surface area (Å²) in [5, 5.41) is 9.49. The first-order chi connectivity index (χ1) is 17.2. The van der Waals surface area contributed by atoms with Crippen LogP contribution in [0.15, 0.2) is 36.7 Å². The van der Waals surface area contributed by atoms with Crippen LogP contribution in [0.25, 0.3) is 11.3 Å². The third-order valence-corrected chi connectivity index (χ3v) is 6.64. The number of nitrogens with zero attached hydrogens (tertiary/aromatic N) is 4.